The van der Waals surface area contributed by atoms with Gasteiger partial charge in [0.25, 0.3) is 0 Å². The summed E-state index contributed by atoms with van der Waals surface area (Å²) in [5, 5.41) is 9.43. The molecule has 0 amide bonds. The predicted molar refractivity (Wildman–Crippen MR) is 81.7 cm³/mol. The molecule has 4 atom stereocenters. The van der Waals surface area contributed by atoms with E-state index in [4.69, 9.17) is 24.7 Å². The molecule has 0 bridgehead atoms. The van der Waals surface area contributed by atoms with Gasteiger partial charge in [0.1, 0.15) is 12.2 Å². The van der Waals surface area contributed by atoms with Gasteiger partial charge >= 0.3 is 12.0 Å². The number of fused-ring (bicyclic) bond motifs is 2. The fraction of sp³-hybridized carbons (Fsp3) is 0.571. The van der Waals surface area contributed by atoms with Gasteiger partial charge in [-0.3, -0.25) is 4.57 Å². The molecule has 0 aromatic carbocycles. The lowest BCUT2D eigenvalue weighted by molar-refractivity contribution is -0.202. The quantitative estimate of drug-likeness (QED) is 0.770. The van der Waals surface area contributed by atoms with E-state index < -0.39 is 36.3 Å². The van der Waals surface area contributed by atoms with E-state index in [1.54, 1.807) is 18.4 Å². The molecule has 2 aromatic heterocycles. The van der Waals surface area contributed by atoms with Gasteiger partial charge in [-0.25, -0.2) is 9.78 Å². The van der Waals surface area contributed by atoms with Crippen LogP contribution in [0.25, 0.3) is 11.2 Å². The van der Waals surface area contributed by atoms with Gasteiger partial charge in [0.2, 0.25) is 0 Å². The molecule has 2 saturated heterocycles. The lowest BCUT2D eigenvalue weighted by Gasteiger charge is -2.23. The first-order valence-electron chi connectivity index (χ1n) is 7.58. The number of aromatic nitrogens is 4. The van der Waals surface area contributed by atoms with Gasteiger partial charge in [-0.05, 0) is 13.8 Å². The number of nitrogen functional groups attached to an aromatic ring is 1. The number of carboxylic acid groups (broad SMARTS) is 1. The summed E-state index contributed by atoms with van der Waals surface area (Å²) in [5.74, 6) is -1.91. The minimum atomic E-state index is -1.17. The van der Waals surface area contributed by atoms with Crippen LogP contribution in [0.5, 0.6) is 6.01 Å². The van der Waals surface area contributed by atoms with Crippen LogP contribution in [0, 0.1) is 0 Å². The highest BCUT2D eigenvalue weighted by Crippen LogP contribution is 2.44. The van der Waals surface area contributed by atoms with Crippen molar-refractivity contribution in [1.82, 2.24) is 19.5 Å². The molecule has 4 rings (SSSR count). The molecule has 0 spiro atoms. The van der Waals surface area contributed by atoms with Crippen molar-refractivity contribution in [3.8, 4) is 6.01 Å². The topological polar surface area (TPSA) is 144 Å². The molecule has 0 saturated carbocycles. The van der Waals surface area contributed by atoms with Gasteiger partial charge in [0.05, 0.1) is 13.4 Å². The summed E-state index contributed by atoms with van der Waals surface area (Å²) in [6.45, 7) is 3.44. The Labute approximate surface area is 141 Å². The fourth-order valence-corrected chi connectivity index (χ4v) is 3.19. The van der Waals surface area contributed by atoms with Gasteiger partial charge in [0.15, 0.2) is 35.1 Å². The van der Waals surface area contributed by atoms with Crippen molar-refractivity contribution in [2.45, 2.75) is 44.2 Å². The second-order valence-corrected chi connectivity index (χ2v) is 6.27. The predicted octanol–water partition coefficient (Wildman–Crippen LogP) is -0.0808. The number of hydrogen-bond donors (Lipinski definition) is 2. The van der Waals surface area contributed by atoms with E-state index in [-0.39, 0.29) is 11.8 Å². The summed E-state index contributed by atoms with van der Waals surface area (Å²) >= 11 is 0. The first-order chi connectivity index (χ1) is 11.8. The number of carbonyl (C=O) groups is 1. The maximum absolute atomic E-state index is 11.5. The Morgan fingerprint density at radius 1 is 1.36 bits per heavy atom. The van der Waals surface area contributed by atoms with Crippen LogP contribution in [0.3, 0.4) is 0 Å². The molecule has 2 unspecified atom stereocenters. The molecule has 11 nitrogen and oxygen atoms in total. The van der Waals surface area contributed by atoms with E-state index in [2.05, 4.69) is 15.0 Å². The molecule has 2 aromatic rings. The zero-order chi connectivity index (χ0) is 17.9. The van der Waals surface area contributed by atoms with Crippen LogP contribution in [0.1, 0.15) is 20.1 Å². The molecule has 4 heterocycles. The molecule has 3 N–H and O–H groups in total. The van der Waals surface area contributed by atoms with Crippen LogP contribution < -0.4 is 10.5 Å². The van der Waals surface area contributed by atoms with E-state index in [1.165, 1.54) is 13.4 Å². The number of imidazole rings is 1. The minimum absolute atomic E-state index is 0.0694. The van der Waals surface area contributed by atoms with Crippen molar-refractivity contribution in [1.29, 1.82) is 0 Å². The van der Waals surface area contributed by atoms with Gasteiger partial charge in [-0.2, -0.15) is 9.97 Å². The van der Waals surface area contributed by atoms with Crippen molar-refractivity contribution >= 4 is 23.0 Å². The van der Waals surface area contributed by atoms with Crippen molar-refractivity contribution in [2.24, 2.45) is 0 Å². The molecule has 2 fully saturated rings. The van der Waals surface area contributed by atoms with Crippen LogP contribution in [-0.4, -0.2) is 61.8 Å². The number of ether oxygens (including phenoxy) is 4. The second kappa shape index (κ2) is 5.25. The second-order valence-electron chi connectivity index (χ2n) is 6.27. The Hall–Kier alpha value is -2.50. The van der Waals surface area contributed by atoms with E-state index in [9.17, 15) is 9.90 Å². The third kappa shape index (κ3) is 2.39. The Morgan fingerprint density at radius 2 is 2.08 bits per heavy atom. The summed E-state index contributed by atoms with van der Waals surface area (Å²) in [4.78, 5) is 23.9. The van der Waals surface area contributed by atoms with Crippen LogP contribution in [-0.2, 0) is 19.0 Å². The number of hydrogen-bond acceptors (Lipinski definition) is 9. The summed E-state index contributed by atoms with van der Waals surface area (Å²) in [6.07, 6.45) is -1.91. The highest BCUT2D eigenvalue weighted by Gasteiger charge is 2.58. The monoisotopic (exact) mass is 351 g/mol. The molecule has 134 valence electrons. The molecule has 11 heteroatoms. The normalized spacial score (nSPS) is 30.5. The lowest BCUT2D eigenvalue weighted by atomic mass is 10.1. The average molecular weight is 351 g/mol. The van der Waals surface area contributed by atoms with E-state index in [0.717, 1.165) is 0 Å². The van der Waals surface area contributed by atoms with E-state index >= 15 is 0 Å². The first-order valence-corrected chi connectivity index (χ1v) is 7.58. The number of nitrogens with zero attached hydrogens (tertiary/aromatic N) is 4. The third-order valence-electron chi connectivity index (χ3n) is 4.16. The largest absolute Gasteiger partial charge is 0.479 e. The molecule has 0 aliphatic carbocycles. The van der Waals surface area contributed by atoms with Crippen molar-refractivity contribution < 1.29 is 28.8 Å². The third-order valence-corrected chi connectivity index (χ3v) is 4.16. The van der Waals surface area contributed by atoms with Crippen molar-refractivity contribution in [3.63, 3.8) is 0 Å². The summed E-state index contributed by atoms with van der Waals surface area (Å²) in [6, 6.07) is 0.0694. The Morgan fingerprint density at radius 3 is 2.76 bits per heavy atom. The molecule has 25 heavy (non-hydrogen) atoms. The number of carboxylic acids is 1. The first kappa shape index (κ1) is 16.0. The Balaban J connectivity index is 1.80. The highest BCUT2D eigenvalue weighted by atomic mass is 16.8. The van der Waals surface area contributed by atoms with Crippen molar-refractivity contribution in [2.75, 3.05) is 12.8 Å². The van der Waals surface area contributed by atoms with Gasteiger partial charge in [-0.1, -0.05) is 0 Å². The number of methoxy groups -OCH3 is 1. The number of rotatable bonds is 3. The number of aliphatic carboxylic acids is 1. The molecule has 2 aliphatic heterocycles. The standard InChI is InChI=1S/C14H17N5O6/c1-14(2)24-6-7(25-14)11(23-8(6)12(20)21)19-4-16-5-9(15)17-13(22-3)18-10(5)19/h4,6-8,11H,1-3H3,(H,20,21)(H2,15,17,18)/t6?,7?,8-,11+/m0/s1. The van der Waals surface area contributed by atoms with Gasteiger partial charge < -0.3 is 29.8 Å². The summed E-state index contributed by atoms with van der Waals surface area (Å²) < 4.78 is 23.8. The molecular formula is C14H17N5O6. The minimum Gasteiger partial charge on any atom is -0.479 e. The highest BCUT2D eigenvalue weighted by molar-refractivity contribution is 5.82. The van der Waals surface area contributed by atoms with Crippen LogP contribution in [0.2, 0.25) is 0 Å². The molecular weight excluding hydrogens is 334 g/mol. The molecule has 2 aliphatic rings. The Bertz CT molecular complexity index is 852. The van der Waals surface area contributed by atoms with Crippen LogP contribution in [0.15, 0.2) is 6.33 Å². The van der Waals surface area contributed by atoms with Gasteiger partial charge in [-0.15, -0.1) is 0 Å². The van der Waals surface area contributed by atoms with Crippen molar-refractivity contribution in [3.05, 3.63) is 6.33 Å². The fourth-order valence-electron chi connectivity index (χ4n) is 3.19. The summed E-state index contributed by atoms with van der Waals surface area (Å²) in [7, 11) is 1.42. The zero-order valence-corrected chi connectivity index (χ0v) is 13.7. The smallest absolute Gasteiger partial charge is 0.335 e. The van der Waals surface area contributed by atoms with E-state index in [1.807, 2.05) is 0 Å². The van der Waals surface area contributed by atoms with Crippen LogP contribution >= 0.6 is 0 Å². The maximum Gasteiger partial charge on any atom is 0.335 e. The average Bonchev–Trinajstić information content (AvgIpc) is 3.17. The zero-order valence-electron chi connectivity index (χ0n) is 13.7. The Kier molecular flexibility index (Phi) is 3.36. The number of nitrogens with two attached hydrogens (primary N) is 1. The molecule has 0 radical (unpaired) electrons. The number of anilines is 1. The lowest BCUT2D eigenvalue weighted by Crippen LogP contribution is -2.35. The van der Waals surface area contributed by atoms with E-state index in [0.29, 0.717) is 11.2 Å². The maximum atomic E-state index is 11.5. The SMILES string of the molecule is COc1nc(N)c2ncn([C@@H]3O[C@H](C(=O)O)C4OC(C)(C)OC43)c2n1. The van der Waals surface area contributed by atoms with Crippen LogP contribution in [0.4, 0.5) is 5.82 Å². The van der Waals surface area contributed by atoms with Gasteiger partial charge in [0, 0.05) is 0 Å². The summed E-state index contributed by atoms with van der Waals surface area (Å²) in [5.41, 5.74) is 6.59.